The van der Waals surface area contributed by atoms with Gasteiger partial charge in [0.2, 0.25) is 5.91 Å². The van der Waals surface area contributed by atoms with Crippen molar-refractivity contribution in [3.8, 4) is 11.4 Å². The molecule has 0 bridgehead atoms. The molecule has 3 aromatic carbocycles. The van der Waals surface area contributed by atoms with E-state index in [1.807, 2.05) is 41.0 Å². The summed E-state index contributed by atoms with van der Waals surface area (Å²) in [5.41, 5.74) is 3.98. The first-order valence-corrected chi connectivity index (χ1v) is 10.5. The Morgan fingerprint density at radius 2 is 1.82 bits per heavy atom. The Morgan fingerprint density at radius 3 is 2.67 bits per heavy atom. The van der Waals surface area contributed by atoms with E-state index in [-0.39, 0.29) is 24.0 Å². The number of amides is 1. The van der Waals surface area contributed by atoms with Crippen LogP contribution in [-0.4, -0.2) is 20.6 Å². The molecule has 0 fully saturated rings. The molecule has 5 aromatic rings. The van der Waals surface area contributed by atoms with Gasteiger partial charge in [-0.2, -0.15) is 0 Å². The summed E-state index contributed by atoms with van der Waals surface area (Å²) in [6.45, 7) is 0.263. The highest BCUT2D eigenvalue weighted by molar-refractivity contribution is 6.09. The Hall–Kier alpha value is -4.45. The first-order chi connectivity index (χ1) is 16.1. The second-order valence-electron chi connectivity index (χ2n) is 7.67. The predicted octanol–water partition coefficient (Wildman–Crippen LogP) is 5.35. The van der Waals surface area contributed by atoms with Crippen LogP contribution < -0.4 is 5.32 Å². The van der Waals surface area contributed by atoms with Gasteiger partial charge in [-0.1, -0.05) is 36.4 Å². The average Bonchev–Trinajstić information content (AvgIpc) is 3.15. The number of phenolic OH excluding ortho intramolecular Hbond substituents is 1. The minimum absolute atomic E-state index is 0.146. The standard InChI is InChI=1S/C27H20FN3O2/c28-19-6-4-7-21(14-19)31-25-10-2-1-9-23(25)24-15-20(29-17-26(24)31)16-30-27(33)12-11-18-5-3-8-22(32)13-18/h1-15,17,32H,16H2,(H,30,33)/b12-11+. The zero-order valence-corrected chi connectivity index (χ0v) is 17.6. The fourth-order valence-corrected chi connectivity index (χ4v) is 3.94. The number of hydrogen-bond donors (Lipinski definition) is 2. The lowest BCUT2D eigenvalue weighted by Crippen LogP contribution is -2.20. The first-order valence-electron chi connectivity index (χ1n) is 10.5. The highest BCUT2D eigenvalue weighted by Gasteiger charge is 2.13. The smallest absolute Gasteiger partial charge is 0.244 e. The van der Waals surface area contributed by atoms with Gasteiger partial charge in [-0.3, -0.25) is 9.78 Å². The first kappa shape index (κ1) is 20.5. The van der Waals surface area contributed by atoms with Crippen LogP contribution in [-0.2, 0) is 11.3 Å². The molecule has 0 atom stereocenters. The molecule has 6 heteroatoms. The maximum Gasteiger partial charge on any atom is 0.244 e. The number of pyridine rings is 1. The summed E-state index contributed by atoms with van der Waals surface area (Å²) in [7, 11) is 0. The van der Waals surface area contributed by atoms with Crippen LogP contribution in [0.15, 0.2) is 91.1 Å². The van der Waals surface area contributed by atoms with E-state index in [0.29, 0.717) is 5.69 Å². The Bertz CT molecular complexity index is 1520. The number of hydrogen-bond acceptors (Lipinski definition) is 3. The molecule has 0 unspecified atom stereocenters. The van der Waals surface area contributed by atoms with Crippen molar-refractivity contribution in [2.24, 2.45) is 0 Å². The van der Waals surface area contributed by atoms with Crippen molar-refractivity contribution in [1.82, 2.24) is 14.9 Å². The third-order valence-corrected chi connectivity index (χ3v) is 5.42. The molecule has 162 valence electrons. The molecule has 0 aliphatic rings. The van der Waals surface area contributed by atoms with Gasteiger partial charge in [0, 0.05) is 22.5 Å². The van der Waals surface area contributed by atoms with E-state index < -0.39 is 0 Å². The topological polar surface area (TPSA) is 67.2 Å². The molecule has 5 rings (SSSR count). The van der Waals surface area contributed by atoms with Gasteiger partial charge in [-0.25, -0.2) is 4.39 Å². The number of aromatic nitrogens is 2. The molecule has 33 heavy (non-hydrogen) atoms. The van der Waals surface area contributed by atoms with Crippen molar-refractivity contribution in [1.29, 1.82) is 0 Å². The zero-order valence-electron chi connectivity index (χ0n) is 17.6. The summed E-state index contributed by atoms with van der Waals surface area (Å²) >= 11 is 0. The molecule has 2 heterocycles. The lowest BCUT2D eigenvalue weighted by Gasteiger charge is -2.08. The number of halogens is 1. The van der Waals surface area contributed by atoms with Crippen LogP contribution in [0, 0.1) is 5.82 Å². The van der Waals surface area contributed by atoms with E-state index in [2.05, 4.69) is 10.3 Å². The number of nitrogens with one attached hydrogen (secondary N) is 1. The Balaban J connectivity index is 1.43. The van der Waals surface area contributed by atoms with Gasteiger partial charge < -0.3 is 15.0 Å². The summed E-state index contributed by atoms with van der Waals surface area (Å²) < 4.78 is 15.9. The monoisotopic (exact) mass is 437 g/mol. The number of nitrogens with zero attached hydrogens (tertiary/aromatic N) is 2. The van der Waals surface area contributed by atoms with E-state index in [9.17, 15) is 14.3 Å². The van der Waals surface area contributed by atoms with Crippen molar-refractivity contribution >= 4 is 33.8 Å². The largest absolute Gasteiger partial charge is 0.508 e. The van der Waals surface area contributed by atoms with Crippen molar-refractivity contribution in [2.75, 3.05) is 0 Å². The number of phenols is 1. The number of carbonyl (C=O) groups excluding carboxylic acids is 1. The van der Waals surface area contributed by atoms with Gasteiger partial charge in [-0.05, 0) is 54.1 Å². The number of rotatable bonds is 5. The molecule has 0 saturated carbocycles. The van der Waals surface area contributed by atoms with Crippen molar-refractivity contribution in [2.45, 2.75) is 6.54 Å². The Morgan fingerprint density at radius 1 is 0.970 bits per heavy atom. The molecule has 0 aliphatic carbocycles. The molecule has 0 radical (unpaired) electrons. The summed E-state index contributed by atoms with van der Waals surface area (Å²) in [5, 5.41) is 14.4. The van der Waals surface area contributed by atoms with Gasteiger partial charge >= 0.3 is 0 Å². The second-order valence-corrected chi connectivity index (χ2v) is 7.67. The van der Waals surface area contributed by atoms with E-state index in [1.54, 1.807) is 42.6 Å². The van der Waals surface area contributed by atoms with Crippen LogP contribution in [0.3, 0.4) is 0 Å². The van der Waals surface area contributed by atoms with Crippen LogP contribution >= 0.6 is 0 Å². The lowest BCUT2D eigenvalue weighted by atomic mass is 10.1. The second kappa shape index (κ2) is 8.59. The predicted molar refractivity (Wildman–Crippen MR) is 128 cm³/mol. The maximum absolute atomic E-state index is 13.9. The van der Waals surface area contributed by atoms with Gasteiger partial charge in [0.05, 0.1) is 29.5 Å². The van der Waals surface area contributed by atoms with Gasteiger partial charge in [0.1, 0.15) is 11.6 Å². The number of aromatic hydroxyl groups is 1. The SMILES string of the molecule is O=C(/C=C/c1cccc(O)c1)NCc1cc2c3ccccc3n(-c3cccc(F)c3)c2cn1. The van der Waals surface area contributed by atoms with Crippen LogP contribution in [0.5, 0.6) is 5.75 Å². The number of fused-ring (bicyclic) bond motifs is 3. The fourth-order valence-electron chi connectivity index (χ4n) is 3.94. The van der Waals surface area contributed by atoms with E-state index in [1.165, 1.54) is 18.2 Å². The highest BCUT2D eigenvalue weighted by Crippen LogP contribution is 2.32. The number of carbonyl (C=O) groups is 1. The normalized spacial score (nSPS) is 11.4. The van der Waals surface area contributed by atoms with Crippen LogP contribution in [0.25, 0.3) is 33.6 Å². The average molecular weight is 437 g/mol. The molecular formula is C27H20FN3O2. The molecule has 0 aliphatic heterocycles. The van der Waals surface area contributed by atoms with E-state index in [0.717, 1.165) is 33.1 Å². The Labute approximate surface area is 189 Å². The zero-order chi connectivity index (χ0) is 22.8. The fraction of sp³-hybridized carbons (Fsp3) is 0.0370. The third kappa shape index (κ3) is 4.19. The third-order valence-electron chi connectivity index (χ3n) is 5.42. The minimum atomic E-state index is -0.301. The lowest BCUT2D eigenvalue weighted by molar-refractivity contribution is -0.116. The molecule has 2 N–H and O–H groups in total. The van der Waals surface area contributed by atoms with Gasteiger partial charge in [-0.15, -0.1) is 0 Å². The summed E-state index contributed by atoms with van der Waals surface area (Å²) in [6, 6.07) is 23.0. The van der Waals surface area contributed by atoms with Crippen molar-refractivity contribution < 1.29 is 14.3 Å². The molecular weight excluding hydrogens is 417 g/mol. The molecule has 5 nitrogen and oxygen atoms in total. The van der Waals surface area contributed by atoms with Crippen LogP contribution in [0.1, 0.15) is 11.3 Å². The molecule has 0 spiro atoms. The molecule has 0 saturated heterocycles. The quantitative estimate of drug-likeness (QED) is 0.364. The number of benzene rings is 3. The van der Waals surface area contributed by atoms with Gasteiger partial charge in [0.15, 0.2) is 0 Å². The summed E-state index contributed by atoms with van der Waals surface area (Å²) in [4.78, 5) is 16.8. The maximum atomic E-state index is 13.9. The van der Waals surface area contributed by atoms with Crippen LogP contribution in [0.4, 0.5) is 4.39 Å². The van der Waals surface area contributed by atoms with E-state index >= 15 is 0 Å². The van der Waals surface area contributed by atoms with Crippen LogP contribution in [0.2, 0.25) is 0 Å². The summed E-state index contributed by atoms with van der Waals surface area (Å²) in [6.07, 6.45) is 4.81. The molecule has 2 aromatic heterocycles. The van der Waals surface area contributed by atoms with E-state index in [4.69, 9.17) is 0 Å². The summed E-state index contributed by atoms with van der Waals surface area (Å²) in [5.74, 6) is -0.417. The Kier molecular flexibility index (Phi) is 5.32. The highest BCUT2D eigenvalue weighted by atomic mass is 19.1. The van der Waals surface area contributed by atoms with Crippen molar-refractivity contribution in [3.63, 3.8) is 0 Å². The number of para-hydroxylation sites is 1. The van der Waals surface area contributed by atoms with Crippen molar-refractivity contribution in [3.05, 3.63) is 108 Å². The minimum Gasteiger partial charge on any atom is -0.508 e. The molecule has 1 amide bonds. The van der Waals surface area contributed by atoms with Gasteiger partial charge in [0.25, 0.3) is 0 Å².